The maximum atomic E-state index is 12.9. The van der Waals surface area contributed by atoms with Crippen LogP contribution in [0.25, 0.3) is 0 Å². The molecule has 2 amide bonds. The van der Waals surface area contributed by atoms with E-state index >= 15 is 0 Å². The molecule has 4 nitrogen and oxygen atoms in total. The number of aryl methyl sites for hydroxylation is 1. The summed E-state index contributed by atoms with van der Waals surface area (Å²) in [7, 11) is 0. The van der Waals surface area contributed by atoms with Crippen molar-refractivity contribution in [2.75, 3.05) is 16.0 Å². The summed E-state index contributed by atoms with van der Waals surface area (Å²) in [4.78, 5) is 27.6. The van der Waals surface area contributed by atoms with E-state index in [0.29, 0.717) is 24.5 Å². The Morgan fingerprint density at radius 2 is 1.69 bits per heavy atom. The van der Waals surface area contributed by atoms with Crippen LogP contribution in [0.5, 0.6) is 0 Å². The summed E-state index contributed by atoms with van der Waals surface area (Å²) in [6.45, 7) is 4.28. The number of hydrogen-bond acceptors (Lipinski definition) is 3. The van der Waals surface area contributed by atoms with Crippen molar-refractivity contribution in [1.82, 2.24) is 0 Å². The van der Waals surface area contributed by atoms with Crippen molar-refractivity contribution in [3.63, 3.8) is 0 Å². The molecule has 1 saturated heterocycles. The number of hydrogen-bond donors (Lipinski definition) is 1. The molecule has 0 spiro atoms. The van der Waals surface area contributed by atoms with E-state index in [1.165, 1.54) is 0 Å². The predicted molar refractivity (Wildman–Crippen MR) is 133 cm³/mol. The highest BCUT2D eigenvalue weighted by molar-refractivity contribution is 8.00. The van der Waals surface area contributed by atoms with Crippen LogP contribution in [0.2, 0.25) is 0 Å². The highest BCUT2D eigenvalue weighted by Gasteiger charge is 2.36. The lowest BCUT2D eigenvalue weighted by Gasteiger charge is -2.29. The number of anilines is 2. The molecule has 164 valence electrons. The Morgan fingerprint density at radius 3 is 2.47 bits per heavy atom. The van der Waals surface area contributed by atoms with Gasteiger partial charge in [-0.2, -0.15) is 0 Å². The number of nitrogens with one attached hydrogen (secondary N) is 1. The predicted octanol–water partition coefficient (Wildman–Crippen LogP) is 6.16. The molecule has 1 heterocycles. The zero-order valence-corrected chi connectivity index (χ0v) is 19.3. The Morgan fingerprint density at radius 1 is 1.00 bits per heavy atom. The smallest absolute Gasteiger partial charge is 0.238 e. The molecule has 3 aromatic carbocycles. The zero-order valence-electron chi connectivity index (χ0n) is 18.5. The number of amides is 2. The molecule has 0 saturated carbocycles. The van der Waals surface area contributed by atoms with Gasteiger partial charge in [-0.3, -0.25) is 14.5 Å². The molecule has 0 aromatic heterocycles. The monoisotopic (exact) mass is 444 g/mol. The van der Waals surface area contributed by atoms with Gasteiger partial charge in [0.25, 0.3) is 0 Å². The van der Waals surface area contributed by atoms with Crippen LogP contribution in [0.15, 0.2) is 78.9 Å². The first-order chi connectivity index (χ1) is 15.5. The van der Waals surface area contributed by atoms with Gasteiger partial charge in [0, 0.05) is 23.4 Å². The number of thioether (sulfide) groups is 1. The minimum Gasteiger partial charge on any atom is -0.326 e. The summed E-state index contributed by atoms with van der Waals surface area (Å²) in [5, 5.41) is 2.92. The van der Waals surface area contributed by atoms with Crippen LogP contribution < -0.4 is 10.2 Å². The Balaban J connectivity index is 1.57. The van der Waals surface area contributed by atoms with Crippen molar-refractivity contribution >= 4 is 35.0 Å². The lowest BCUT2D eigenvalue weighted by Crippen LogP contribution is -2.29. The van der Waals surface area contributed by atoms with Gasteiger partial charge in [0.2, 0.25) is 11.8 Å². The molecule has 1 N–H and O–H groups in total. The van der Waals surface area contributed by atoms with Gasteiger partial charge in [-0.15, -0.1) is 11.8 Å². The molecule has 0 aliphatic carbocycles. The van der Waals surface area contributed by atoms with Crippen molar-refractivity contribution in [3.8, 4) is 0 Å². The molecule has 4 rings (SSSR count). The van der Waals surface area contributed by atoms with Crippen molar-refractivity contribution in [2.45, 2.75) is 38.0 Å². The van der Waals surface area contributed by atoms with Gasteiger partial charge in [0.15, 0.2) is 0 Å². The Hall–Kier alpha value is -3.05. The maximum absolute atomic E-state index is 12.9. The highest BCUT2D eigenvalue weighted by atomic mass is 32.2. The fraction of sp³-hybridized carbons (Fsp3) is 0.259. The van der Waals surface area contributed by atoms with Gasteiger partial charge in [0.05, 0.1) is 5.75 Å². The van der Waals surface area contributed by atoms with Crippen molar-refractivity contribution in [1.29, 1.82) is 0 Å². The highest BCUT2D eigenvalue weighted by Crippen LogP contribution is 2.46. The summed E-state index contributed by atoms with van der Waals surface area (Å²) >= 11 is 1.60. The molecule has 0 bridgehead atoms. The van der Waals surface area contributed by atoms with E-state index in [1.807, 2.05) is 77.7 Å². The molecular formula is C27H28N2O2S. The third kappa shape index (κ3) is 4.89. The number of benzene rings is 3. The third-order valence-corrected chi connectivity index (χ3v) is 6.86. The SMILES string of the molecule is CC(C)c1ccccc1N1C(=O)CS[C@@H]1c1ccccc1NC(=O)CCc1ccccc1. The van der Waals surface area contributed by atoms with Crippen molar-refractivity contribution in [3.05, 3.63) is 95.6 Å². The van der Waals surface area contributed by atoms with Crippen LogP contribution in [0.1, 0.15) is 48.3 Å². The third-order valence-electron chi connectivity index (χ3n) is 5.67. The average molecular weight is 445 g/mol. The molecular weight excluding hydrogens is 416 g/mol. The minimum atomic E-state index is -0.173. The maximum Gasteiger partial charge on any atom is 0.238 e. The number of para-hydroxylation sites is 2. The van der Waals surface area contributed by atoms with E-state index in [4.69, 9.17) is 0 Å². The quantitative estimate of drug-likeness (QED) is 0.475. The van der Waals surface area contributed by atoms with Crippen LogP contribution in [0.4, 0.5) is 11.4 Å². The number of carbonyl (C=O) groups is 2. The fourth-order valence-corrected chi connectivity index (χ4v) is 5.26. The van der Waals surface area contributed by atoms with Gasteiger partial charge < -0.3 is 5.32 Å². The second-order valence-corrected chi connectivity index (χ2v) is 9.33. The Labute approximate surface area is 194 Å². The molecule has 0 radical (unpaired) electrons. The molecule has 1 aliphatic rings. The summed E-state index contributed by atoms with van der Waals surface area (Å²) in [6.07, 6.45) is 1.11. The molecule has 1 aliphatic heterocycles. The van der Waals surface area contributed by atoms with E-state index in [9.17, 15) is 9.59 Å². The largest absolute Gasteiger partial charge is 0.326 e. The molecule has 3 aromatic rings. The van der Waals surface area contributed by atoms with E-state index in [0.717, 1.165) is 28.1 Å². The van der Waals surface area contributed by atoms with E-state index in [-0.39, 0.29) is 17.2 Å². The van der Waals surface area contributed by atoms with Crippen molar-refractivity contribution < 1.29 is 9.59 Å². The number of nitrogens with zero attached hydrogens (tertiary/aromatic N) is 1. The topological polar surface area (TPSA) is 49.4 Å². The molecule has 32 heavy (non-hydrogen) atoms. The van der Waals surface area contributed by atoms with Crippen LogP contribution in [-0.2, 0) is 16.0 Å². The number of rotatable bonds is 7. The Bertz CT molecular complexity index is 1100. The first-order valence-electron chi connectivity index (χ1n) is 11.0. The summed E-state index contributed by atoms with van der Waals surface area (Å²) in [6, 6.07) is 25.9. The van der Waals surface area contributed by atoms with Gasteiger partial charge >= 0.3 is 0 Å². The first-order valence-corrected chi connectivity index (χ1v) is 12.0. The minimum absolute atomic E-state index is 0.0234. The standard InChI is InChI=1S/C27H28N2O2S/c1-19(2)21-12-7-9-15-24(21)29-26(31)18-32-27(29)22-13-6-8-14-23(22)28-25(30)17-16-20-10-4-3-5-11-20/h3-15,19,27H,16-18H2,1-2H3,(H,28,30)/t27-/m1/s1. The van der Waals surface area contributed by atoms with Gasteiger partial charge in [-0.1, -0.05) is 80.6 Å². The van der Waals surface area contributed by atoms with E-state index in [2.05, 4.69) is 25.2 Å². The molecule has 0 unspecified atom stereocenters. The first kappa shape index (κ1) is 22.2. The number of carbonyl (C=O) groups excluding carboxylic acids is 2. The van der Waals surface area contributed by atoms with Crippen molar-refractivity contribution in [2.24, 2.45) is 0 Å². The summed E-state index contributed by atoms with van der Waals surface area (Å²) in [5.41, 5.74) is 4.97. The second-order valence-electron chi connectivity index (χ2n) is 8.26. The van der Waals surface area contributed by atoms with Gasteiger partial charge in [0.1, 0.15) is 5.37 Å². The summed E-state index contributed by atoms with van der Waals surface area (Å²) < 4.78 is 0. The van der Waals surface area contributed by atoms with Crippen LogP contribution >= 0.6 is 11.8 Å². The fourth-order valence-electron chi connectivity index (χ4n) is 4.05. The zero-order chi connectivity index (χ0) is 22.5. The lowest BCUT2D eigenvalue weighted by molar-refractivity contribution is -0.116. The van der Waals surface area contributed by atoms with E-state index < -0.39 is 0 Å². The van der Waals surface area contributed by atoms with Crippen LogP contribution in [0.3, 0.4) is 0 Å². The molecule has 5 heteroatoms. The summed E-state index contributed by atoms with van der Waals surface area (Å²) in [5.74, 6) is 0.800. The molecule has 1 fully saturated rings. The van der Waals surface area contributed by atoms with Gasteiger partial charge in [-0.25, -0.2) is 0 Å². The molecule has 1 atom stereocenters. The Kier molecular flexibility index (Phi) is 6.96. The van der Waals surface area contributed by atoms with Crippen LogP contribution in [-0.4, -0.2) is 17.6 Å². The van der Waals surface area contributed by atoms with E-state index in [1.54, 1.807) is 11.8 Å². The second kappa shape index (κ2) is 10.0. The average Bonchev–Trinajstić information content (AvgIpc) is 3.19. The van der Waals surface area contributed by atoms with Gasteiger partial charge in [-0.05, 0) is 35.6 Å². The lowest BCUT2D eigenvalue weighted by atomic mass is 10.00. The van der Waals surface area contributed by atoms with Crippen LogP contribution in [0, 0.1) is 0 Å². The normalized spacial score (nSPS) is 15.9.